The number of hydrogen-bond acceptors (Lipinski definition) is 5. The normalized spacial score (nSPS) is 12.1. The summed E-state index contributed by atoms with van der Waals surface area (Å²) in [5.74, 6) is -1.20. The molecule has 118 valence electrons. The highest BCUT2D eigenvalue weighted by molar-refractivity contribution is 7.13. The van der Waals surface area contributed by atoms with Gasteiger partial charge in [-0.15, -0.1) is 11.3 Å². The number of carbonyl (C=O) groups excluding carboxylic acids is 1. The number of rotatable bonds is 5. The van der Waals surface area contributed by atoms with E-state index in [-0.39, 0.29) is 11.8 Å². The zero-order chi connectivity index (χ0) is 16.2. The van der Waals surface area contributed by atoms with Crippen LogP contribution in [0.25, 0.3) is 10.6 Å². The third-order valence-electron chi connectivity index (χ3n) is 3.45. The minimum Gasteiger partial charge on any atom is -0.412 e. The lowest BCUT2D eigenvalue weighted by Crippen LogP contribution is -2.18. The Bertz CT molecular complexity index is 781. The SMILES string of the molecule is CCC(C(=O)Oc1ocnc1-c1cccs1)c1ccc(F)cc1. The van der Waals surface area contributed by atoms with Crippen LogP contribution >= 0.6 is 11.3 Å². The van der Waals surface area contributed by atoms with Gasteiger partial charge in [0.25, 0.3) is 0 Å². The Hall–Kier alpha value is -2.47. The van der Waals surface area contributed by atoms with Crippen LogP contribution in [-0.2, 0) is 4.79 Å². The molecule has 0 fully saturated rings. The Morgan fingerprint density at radius 1 is 1.35 bits per heavy atom. The molecular weight excluding hydrogens is 317 g/mol. The largest absolute Gasteiger partial charge is 0.412 e. The van der Waals surface area contributed by atoms with Gasteiger partial charge in [-0.1, -0.05) is 25.1 Å². The number of hydrogen-bond donors (Lipinski definition) is 0. The average Bonchev–Trinajstić information content (AvgIpc) is 3.20. The number of oxazole rings is 1. The second kappa shape index (κ2) is 6.75. The van der Waals surface area contributed by atoms with Crippen molar-refractivity contribution in [2.75, 3.05) is 0 Å². The molecule has 1 atom stereocenters. The van der Waals surface area contributed by atoms with Crippen molar-refractivity contribution in [3.8, 4) is 16.5 Å². The van der Waals surface area contributed by atoms with Crippen molar-refractivity contribution in [2.45, 2.75) is 19.3 Å². The molecule has 0 spiro atoms. The number of halogens is 1. The summed E-state index contributed by atoms with van der Waals surface area (Å²) in [5.41, 5.74) is 1.21. The van der Waals surface area contributed by atoms with E-state index in [2.05, 4.69) is 4.98 Å². The molecule has 1 aromatic carbocycles. The van der Waals surface area contributed by atoms with Crippen LogP contribution in [0.4, 0.5) is 4.39 Å². The van der Waals surface area contributed by atoms with Crippen molar-refractivity contribution in [3.63, 3.8) is 0 Å². The monoisotopic (exact) mass is 331 g/mol. The molecule has 1 unspecified atom stereocenters. The lowest BCUT2D eigenvalue weighted by Gasteiger charge is -2.13. The highest BCUT2D eigenvalue weighted by atomic mass is 32.1. The molecule has 3 rings (SSSR count). The smallest absolute Gasteiger partial charge is 0.322 e. The van der Waals surface area contributed by atoms with Crippen LogP contribution < -0.4 is 4.74 Å². The molecule has 0 saturated carbocycles. The molecule has 0 saturated heterocycles. The Balaban J connectivity index is 1.81. The topological polar surface area (TPSA) is 52.3 Å². The van der Waals surface area contributed by atoms with E-state index < -0.39 is 11.9 Å². The van der Waals surface area contributed by atoms with Crippen LogP contribution in [0.5, 0.6) is 5.95 Å². The quantitative estimate of drug-likeness (QED) is 0.639. The van der Waals surface area contributed by atoms with E-state index in [0.717, 1.165) is 4.88 Å². The first-order valence-electron chi connectivity index (χ1n) is 7.13. The summed E-state index contributed by atoms with van der Waals surface area (Å²) >= 11 is 1.48. The number of ether oxygens (including phenoxy) is 1. The molecule has 3 aromatic rings. The van der Waals surface area contributed by atoms with Crippen LogP contribution in [0.15, 0.2) is 52.6 Å². The minimum absolute atomic E-state index is 0.0815. The third-order valence-corrected chi connectivity index (χ3v) is 4.32. The molecule has 2 heterocycles. The van der Waals surface area contributed by atoms with Crippen LogP contribution in [-0.4, -0.2) is 11.0 Å². The minimum atomic E-state index is -0.489. The number of esters is 1. The Morgan fingerprint density at radius 2 is 2.13 bits per heavy atom. The van der Waals surface area contributed by atoms with Gasteiger partial charge < -0.3 is 9.15 Å². The van der Waals surface area contributed by atoms with Crippen molar-refractivity contribution in [3.05, 3.63) is 59.6 Å². The number of nitrogens with zero attached hydrogens (tertiary/aromatic N) is 1. The number of benzene rings is 1. The highest BCUT2D eigenvalue weighted by Crippen LogP contribution is 2.33. The van der Waals surface area contributed by atoms with E-state index in [1.807, 2.05) is 24.4 Å². The zero-order valence-electron chi connectivity index (χ0n) is 12.4. The second-order valence-corrected chi connectivity index (χ2v) is 5.85. The molecule has 0 amide bonds. The zero-order valence-corrected chi connectivity index (χ0v) is 13.2. The summed E-state index contributed by atoms with van der Waals surface area (Å²) in [6.07, 6.45) is 1.78. The Kier molecular flexibility index (Phi) is 4.52. The summed E-state index contributed by atoms with van der Waals surface area (Å²) in [6, 6.07) is 9.59. The Labute approximate surface area is 136 Å². The van der Waals surface area contributed by atoms with Gasteiger partial charge in [0.1, 0.15) is 5.82 Å². The summed E-state index contributed by atoms with van der Waals surface area (Å²) in [7, 11) is 0. The van der Waals surface area contributed by atoms with Gasteiger partial charge in [0.05, 0.1) is 10.8 Å². The first kappa shape index (κ1) is 15.4. The first-order chi connectivity index (χ1) is 11.2. The lowest BCUT2D eigenvalue weighted by atomic mass is 9.97. The van der Waals surface area contributed by atoms with Crippen molar-refractivity contribution in [1.82, 2.24) is 4.98 Å². The number of aromatic nitrogens is 1. The maximum Gasteiger partial charge on any atom is 0.322 e. The summed E-state index contributed by atoms with van der Waals surface area (Å²) in [5, 5.41) is 1.91. The van der Waals surface area contributed by atoms with E-state index in [1.54, 1.807) is 12.1 Å². The second-order valence-electron chi connectivity index (χ2n) is 4.90. The maximum atomic E-state index is 13.0. The van der Waals surface area contributed by atoms with Gasteiger partial charge in [-0.3, -0.25) is 4.79 Å². The molecule has 6 heteroatoms. The molecular formula is C17H14FNO3S. The molecule has 0 N–H and O–H groups in total. The lowest BCUT2D eigenvalue weighted by molar-refractivity contribution is -0.137. The predicted octanol–water partition coefficient (Wildman–Crippen LogP) is 4.64. The molecule has 0 bridgehead atoms. The van der Waals surface area contributed by atoms with Crippen molar-refractivity contribution >= 4 is 17.3 Å². The van der Waals surface area contributed by atoms with Crippen molar-refractivity contribution < 1.29 is 18.3 Å². The number of thiophene rings is 1. The fourth-order valence-electron chi connectivity index (χ4n) is 2.28. The molecule has 23 heavy (non-hydrogen) atoms. The summed E-state index contributed by atoms with van der Waals surface area (Å²) < 4.78 is 23.6. The molecule has 2 aromatic heterocycles. The van der Waals surface area contributed by atoms with Gasteiger partial charge in [-0.25, -0.2) is 9.37 Å². The number of carbonyl (C=O) groups is 1. The van der Waals surface area contributed by atoms with E-state index in [1.165, 1.54) is 29.9 Å². The summed E-state index contributed by atoms with van der Waals surface area (Å²) in [4.78, 5) is 17.4. The maximum absolute atomic E-state index is 13.0. The standard InChI is InChI=1S/C17H14FNO3S/c1-2-13(11-5-7-12(18)8-6-11)16(20)22-17-15(19-10-21-17)14-4-3-9-23-14/h3-10,13H,2H2,1H3. The average molecular weight is 331 g/mol. The van der Waals surface area contributed by atoms with E-state index in [9.17, 15) is 9.18 Å². The Morgan fingerprint density at radius 3 is 2.78 bits per heavy atom. The van der Waals surface area contributed by atoms with E-state index >= 15 is 0 Å². The first-order valence-corrected chi connectivity index (χ1v) is 8.01. The van der Waals surface area contributed by atoms with Gasteiger partial charge in [0.15, 0.2) is 12.1 Å². The predicted molar refractivity (Wildman–Crippen MR) is 84.9 cm³/mol. The molecule has 0 aliphatic heterocycles. The van der Waals surface area contributed by atoms with Gasteiger partial charge >= 0.3 is 11.9 Å². The van der Waals surface area contributed by atoms with Gasteiger partial charge in [0, 0.05) is 0 Å². The van der Waals surface area contributed by atoms with Crippen molar-refractivity contribution in [1.29, 1.82) is 0 Å². The van der Waals surface area contributed by atoms with Crippen LogP contribution in [0.3, 0.4) is 0 Å². The van der Waals surface area contributed by atoms with Crippen LogP contribution in [0.1, 0.15) is 24.8 Å². The molecule has 0 aliphatic carbocycles. The van der Waals surface area contributed by atoms with Gasteiger partial charge in [-0.2, -0.15) is 0 Å². The fraction of sp³-hybridized carbons (Fsp3) is 0.176. The van der Waals surface area contributed by atoms with Gasteiger partial charge in [0.2, 0.25) is 0 Å². The van der Waals surface area contributed by atoms with Crippen LogP contribution in [0, 0.1) is 5.82 Å². The van der Waals surface area contributed by atoms with Crippen molar-refractivity contribution in [2.24, 2.45) is 0 Å². The summed E-state index contributed by atoms with van der Waals surface area (Å²) in [6.45, 7) is 1.87. The fourth-order valence-corrected chi connectivity index (χ4v) is 2.99. The van der Waals surface area contributed by atoms with E-state index in [0.29, 0.717) is 17.7 Å². The van der Waals surface area contributed by atoms with E-state index in [4.69, 9.17) is 9.15 Å². The molecule has 0 aliphatic rings. The van der Waals surface area contributed by atoms with Crippen LogP contribution in [0.2, 0.25) is 0 Å². The highest BCUT2D eigenvalue weighted by Gasteiger charge is 2.24. The molecule has 0 radical (unpaired) electrons. The molecule has 4 nitrogen and oxygen atoms in total. The third kappa shape index (κ3) is 3.32. The van der Waals surface area contributed by atoms with Gasteiger partial charge in [-0.05, 0) is 35.6 Å².